The highest BCUT2D eigenvalue weighted by atomic mass is 35.5. The van der Waals surface area contributed by atoms with E-state index in [-0.39, 0.29) is 23.0 Å². The zero-order valence-corrected chi connectivity index (χ0v) is 18.7. The molecule has 1 aliphatic rings. The highest BCUT2D eigenvalue weighted by Crippen LogP contribution is 2.45. The number of aliphatic hydroxyl groups is 2. The van der Waals surface area contributed by atoms with Crippen molar-refractivity contribution in [3.63, 3.8) is 0 Å². The molecule has 0 aromatic heterocycles. The lowest BCUT2D eigenvalue weighted by Gasteiger charge is -2.23. The minimum atomic E-state index is -0.436. The van der Waals surface area contributed by atoms with Gasteiger partial charge in [0, 0.05) is 17.7 Å². The Labute approximate surface area is 181 Å². The maximum Gasteiger partial charge on any atom is 0.129 e. The monoisotopic (exact) mass is 420 g/mol. The molecule has 1 fully saturated rings. The summed E-state index contributed by atoms with van der Waals surface area (Å²) in [5.41, 5.74) is 2.04. The molecule has 2 N–H and O–H groups in total. The van der Waals surface area contributed by atoms with Gasteiger partial charge in [-0.3, -0.25) is 0 Å². The Morgan fingerprint density at radius 2 is 1.93 bits per heavy atom. The van der Waals surface area contributed by atoms with Crippen molar-refractivity contribution in [2.24, 2.45) is 5.92 Å². The smallest absolute Gasteiger partial charge is 0.129 e. The minimum Gasteiger partial charge on any atom is -0.392 e. The van der Waals surface area contributed by atoms with Gasteiger partial charge in [0.15, 0.2) is 0 Å². The van der Waals surface area contributed by atoms with Crippen LogP contribution in [0.1, 0.15) is 94.8 Å². The molecule has 162 valence electrons. The van der Waals surface area contributed by atoms with E-state index in [0.717, 1.165) is 56.1 Å². The fraction of sp³-hybridized carbons (Fsp3) is 0.640. The summed E-state index contributed by atoms with van der Waals surface area (Å²) in [6.07, 6.45) is 11.4. The molecule has 2 rings (SSSR count). The van der Waals surface area contributed by atoms with Crippen molar-refractivity contribution in [2.45, 2.75) is 95.1 Å². The lowest BCUT2D eigenvalue weighted by Crippen LogP contribution is -2.18. The number of allylic oxidation sites excluding steroid dienone is 2. The highest BCUT2D eigenvalue weighted by molar-refractivity contribution is 6.21. The summed E-state index contributed by atoms with van der Waals surface area (Å²) in [6, 6.07) is 8.08. The van der Waals surface area contributed by atoms with E-state index < -0.39 is 12.2 Å². The molecule has 1 saturated carbocycles. The van der Waals surface area contributed by atoms with Crippen LogP contribution in [0.5, 0.6) is 0 Å². The molecule has 0 spiro atoms. The van der Waals surface area contributed by atoms with Crippen LogP contribution >= 0.6 is 11.6 Å². The van der Waals surface area contributed by atoms with E-state index in [1.807, 2.05) is 24.3 Å². The van der Waals surface area contributed by atoms with Gasteiger partial charge in [0.2, 0.25) is 0 Å². The zero-order chi connectivity index (χ0) is 21.2. The predicted octanol–water partition coefficient (Wildman–Crippen LogP) is 6.08. The lowest BCUT2D eigenvalue weighted by molar-refractivity contribution is -0.117. The SMILES string of the molecule is CCCCC[C@@H](O)c1ccc([C@@H]2[C@@H](C/C=C\CCCC(C)=O)[C@H](Cl)C[C@H]2O)cc1. The third-order valence-corrected chi connectivity index (χ3v) is 6.57. The first-order valence-corrected chi connectivity index (χ1v) is 11.6. The van der Waals surface area contributed by atoms with Crippen LogP contribution in [0.2, 0.25) is 0 Å². The Hall–Kier alpha value is -1.16. The Kier molecular flexibility index (Phi) is 10.4. The van der Waals surface area contributed by atoms with E-state index in [2.05, 4.69) is 19.1 Å². The molecular weight excluding hydrogens is 384 g/mol. The highest BCUT2D eigenvalue weighted by Gasteiger charge is 2.41. The predicted molar refractivity (Wildman–Crippen MR) is 120 cm³/mol. The maximum atomic E-state index is 11.0. The van der Waals surface area contributed by atoms with Gasteiger partial charge in [0.1, 0.15) is 5.78 Å². The van der Waals surface area contributed by atoms with E-state index in [1.165, 1.54) is 0 Å². The number of hydrogen-bond donors (Lipinski definition) is 2. The molecule has 29 heavy (non-hydrogen) atoms. The molecule has 0 aliphatic heterocycles. The number of benzene rings is 1. The van der Waals surface area contributed by atoms with Gasteiger partial charge in [0.25, 0.3) is 0 Å². The van der Waals surface area contributed by atoms with Crippen molar-refractivity contribution in [3.05, 3.63) is 47.5 Å². The summed E-state index contributed by atoms with van der Waals surface area (Å²) < 4.78 is 0. The largest absolute Gasteiger partial charge is 0.392 e. The van der Waals surface area contributed by atoms with Crippen LogP contribution in [-0.2, 0) is 4.79 Å². The molecule has 1 aliphatic carbocycles. The van der Waals surface area contributed by atoms with E-state index in [1.54, 1.807) is 6.92 Å². The third-order valence-electron chi connectivity index (χ3n) is 6.07. The molecule has 0 heterocycles. The summed E-state index contributed by atoms with van der Waals surface area (Å²) in [5.74, 6) is 0.443. The standard InChI is InChI=1S/C25H37ClO3/c1-3-4-7-12-23(28)19-13-15-20(16-14-19)25-21(22(26)17-24(25)29)11-9-6-5-8-10-18(2)27/h6,9,13-16,21-25,28-29H,3-5,7-8,10-12,17H2,1-2H3/b9-6-/t21-,22+,23+,24+,25+/m0/s1. The number of alkyl halides is 1. The van der Waals surface area contributed by atoms with Gasteiger partial charge in [-0.1, -0.05) is 62.6 Å². The molecule has 3 nitrogen and oxygen atoms in total. The zero-order valence-electron chi connectivity index (χ0n) is 17.9. The van der Waals surface area contributed by atoms with Gasteiger partial charge in [-0.05, 0) is 56.1 Å². The van der Waals surface area contributed by atoms with E-state index >= 15 is 0 Å². The van der Waals surface area contributed by atoms with Crippen molar-refractivity contribution in [1.29, 1.82) is 0 Å². The van der Waals surface area contributed by atoms with Crippen LogP contribution in [-0.4, -0.2) is 27.5 Å². The number of unbranched alkanes of at least 4 members (excludes halogenated alkanes) is 3. The number of carbonyl (C=O) groups excluding carboxylic acids is 1. The molecule has 0 saturated heterocycles. The molecule has 0 unspecified atom stereocenters. The second-order valence-electron chi connectivity index (χ2n) is 8.49. The summed E-state index contributed by atoms with van der Waals surface area (Å²) in [4.78, 5) is 11.0. The van der Waals surface area contributed by atoms with Crippen LogP contribution in [0.25, 0.3) is 0 Å². The van der Waals surface area contributed by atoms with Crippen LogP contribution in [0.15, 0.2) is 36.4 Å². The number of ketones is 1. The van der Waals surface area contributed by atoms with Crippen molar-refractivity contribution in [2.75, 3.05) is 0 Å². The van der Waals surface area contributed by atoms with E-state index in [9.17, 15) is 15.0 Å². The van der Waals surface area contributed by atoms with Crippen LogP contribution in [0.3, 0.4) is 0 Å². The topological polar surface area (TPSA) is 57.5 Å². The third kappa shape index (κ3) is 7.55. The average Bonchev–Trinajstić information content (AvgIpc) is 2.97. The first kappa shape index (κ1) is 24.1. The van der Waals surface area contributed by atoms with Gasteiger partial charge in [-0.15, -0.1) is 11.6 Å². The first-order chi connectivity index (χ1) is 13.9. The van der Waals surface area contributed by atoms with Crippen molar-refractivity contribution in [3.8, 4) is 0 Å². The van der Waals surface area contributed by atoms with Gasteiger partial charge < -0.3 is 15.0 Å². The van der Waals surface area contributed by atoms with Crippen LogP contribution in [0.4, 0.5) is 0 Å². The average molecular weight is 421 g/mol. The van der Waals surface area contributed by atoms with Crippen LogP contribution < -0.4 is 0 Å². The Morgan fingerprint density at radius 3 is 2.59 bits per heavy atom. The van der Waals surface area contributed by atoms with Gasteiger partial charge in [0.05, 0.1) is 12.2 Å². The maximum absolute atomic E-state index is 11.0. The van der Waals surface area contributed by atoms with Crippen LogP contribution in [0, 0.1) is 5.92 Å². The van der Waals surface area contributed by atoms with Gasteiger partial charge in [-0.25, -0.2) is 0 Å². The number of hydrogen-bond acceptors (Lipinski definition) is 3. The lowest BCUT2D eigenvalue weighted by atomic mass is 9.84. The normalized spacial score (nSPS) is 25.6. The molecule has 0 bridgehead atoms. The summed E-state index contributed by atoms with van der Waals surface area (Å²) in [5, 5.41) is 20.9. The molecule has 5 atom stereocenters. The first-order valence-electron chi connectivity index (χ1n) is 11.2. The quantitative estimate of drug-likeness (QED) is 0.245. The Bertz CT molecular complexity index is 640. The van der Waals surface area contributed by atoms with Crippen molar-refractivity contribution in [1.82, 2.24) is 0 Å². The number of rotatable bonds is 12. The molecule has 1 aromatic carbocycles. The second-order valence-corrected chi connectivity index (χ2v) is 9.05. The Morgan fingerprint density at radius 1 is 1.21 bits per heavy atom. The molecule has 0 amide bonds. The minimum absolute atomic E-state index is 0.0191. The Balaban J connectivity index is 1.96. The molecular formula is C25H37ClO3. The van der Waals surface area contributed by atoms with E-state index in [0.29, 0.717) is 12.8 Å². The molecule has 4 heteroatoms. The van der Waals surface area contributed by atoms with Gasteiger partial charge in [-0.2, -0.15) is 0 Å². The summed E-state index contributed by atoms with van der Waals surface area (Å²) in [7, 11) is 0. The molecule has 0 radical (unpaired) electrons. The second kappa shape index (κ2) is 12.5. The fourth-order valence-corrected chi connectivity index (χ4v) is 4.80. The molecule has 1 aromatic rings. The summed E-state index contributed by atoms with van der Waals surface area (Å²) >= 11 is 6.57. The van der Waals surface area contributed by atoms with Crippen molar-refractivity contribution < 1.29 is 15.0 Å². The number of Topliss-reactive ketones (excluding diaryl/α,β-unsaturated/α-hetero) is 1. The van der Waals surface area contributed by atoms with Crippen molar-refractivity contribution >= 4 is 17.4 Å². The fourth-order valence-electron chi connectivity index (χ4n) is 4.36. The summed E-state index contributed by atoms with van der Waals surface area (Å²) in [6.45, 7) is 3.79. The van der Waals surface area contributed by atoms with Gasteiger partial charge >= 0.3 is 0 Å². The van der Waals surface area contributed by atoms with E-state index in [4.69, 9.17) is 11.6 Å². The number of aliphatic hydroxyl groups excluding tert-OH is 2. The number of carbonyl (C=O) groups is 1. The number of halogens is 1.